The number of hydrogen-bond acceptors (Lipinski definition) is 7. The van der Waals surface area contributed by atoms with Crippen LogP contribution < -0.4 is 5.32 Å². The van der Waals surface area contributed by atoms with Crippen LogP contribution in [0.5, 0.6) is 0 Å². The molecule has 0 fully saturated rings. The van der Waals surface area contributed by atoms with Gasteiger partial charge in [0.2, 0.25) is 11.0 Å². The fourth-order valence-corrected chi connectivity index (χ4v) is 2.19. The van der Waals surface area contributed by atoms with Crippen LogP contribution in [0, 0.1) is 25.2 Å². The Morgan fingerprint density at radius 1 is 1.44 bits per heavy atom. The molecule has 7 heteroatoms. The van der Waals surface area contributed by atoms with E-state index in [1.165, 1.54) is 18.3 Å². The van der Waals surface area contributed by atoms with Gasteiger partial charge in [0.25, 0.3) is 0 Å². The molecule has 0 unspecified atom stereocenters. The molecule has 0 spiro atoms. The Hall–Kier alpha value is -2.20. The number of carbonyl (C=O) groups excluding carboxylic acids is 1. The smallest absolute Gasteiger partial charge is 0.218 e. The highest BCUT2D eigenvalue weighted by atomic mass is 32.1. The Morgan fingerprint density at radius 3 is 2.67 bits per heavy atom. The molecule has 0 aliphatic heterocycles. The highest BCUT2D eigenvalue weighted by molar-refractivity contribution is 7.15. The summed E-state index contributed by atoms with van der Waals surface area (Å²) in [5, 5.41) is 21.0. The average Bonchev–Trinajstić information content (AvgIpc) is 2.82. The van der Waals surface area contributed by atoms with Gasteiger partial charge in [-0.05, 0) is 20.8 Å². The zero-order chi connectivity index (χ0) is 13.3. The summed E-state index contributed by atoms with van der Waals surface area (Å²) in [6.07, 6.45) is 0. The first-order chi connectivity index (χ1) is 8.52. The first-order valence-electron chi connectivity index (χ1n) is 5.14. The highest BCUT2D eigenvalue weighted by Gasteiger charge is 2.21. The number of carbonyl (C=O) groups is 1. The van der Waals surface area contributed by atoms with Crippen molar-refractivity contribution in [1.82, 2.24) is 10.2 Å². The Bertz CT molecular complexity index is 651. The largest absolute Gasteiger partial charge is 0.443 e. The van der Waals surface area contributed by atoms with Gasteiger partial charge in [0, 0.05) is 0 Å². The van der Waals surface area contributed by atoms with Crippen molar-refractivity contribution < 1.29 is 9.21 Å². The first-order valence-corrected chi connectivity index (χ1v) is 5.96. The molecule has 6 nitrogen and oxygen atoms in total. The molecule has 0 aromatic carbocycles. The number of furan rings is 1. The second-order valence-corrected chi connectivity index (χ2v) is 4.84. The van der Waals surface area contributed by atoms with Crippen LogP contribution in [0.25, 0.3) is 0 Å². The van der Waals surface area contributed by atoms with Gasteiger partial charge < -0.3 is 4.42 Å². The molecule has 0 amide bonds. The van der Waals surface area contributed by atoms with Gasteiger partial charge >= 0.3 is 0 Å². The number of anilines is 2. The number of hydrogen-bond donors (Lipinski definition) is 1. The van der Waals surface area contributed by atoms with Gasteiger partial charge in [-0.25, -0.2) is 0 Å². The van der Waals surface area contributed by atoms with Crippen molar-refractivity contribution in [2.45, 2.75) is 20.8 Å². The van der Waals surface area contributed by atoms with Crippen molar-refractivity contribution in [1.29, 1.82) is 5.26 Å². The topological polar surface area (TPSA) is 91.8 Å². The number of ketones is 1. The molecule has 18 heavy (non-hydrogen) atoms. The zero-order valence-electron chi connectivity index (χ0n) is 10.1. The number of Topliss-reactive ketones (excluding diaryl/α,β-unsaturated/α-hetero) is 1. The number of nitriles is 1. The number of rotatable bonds is 3. The molecule has 0 aliphatic rings. The van der Waals surface area contributed by atoms with E-state index in [9.17, 15) is 4.79 Å². The minimum Gasteiger partial charge on any atom is -0.443 e. The summed E-state index contributed by atoms with van der Waals surface area (Å²) >= 11 is 1.34. The fourth-order valence-electron chi connectivity index (χ4n) is 1.61. The maximum absolute atomic E-state index is 11.5. The second-order valence-electron chi connectivity index (χ2n) is 3.66. The van der Waals surface area contributed by atoms with Gasteiger partial charge in [0.15, 0.2) is 5.78 Å². The van der Waals surface area contributed by atoms with Gasteiger partial charge in [-0.1, -0.05) is 11.3 Å². The van der Waals surface area contributed by atoms with Gasteiger partial charge in [0.1, 0.15) is 22.4 Å². The maximum atomic E-state index is 11.5. The Morgan fingerprint density at radius 2 is 2.17 bits per heavy atom. The van der Waals surface area contributed by atoms with Crippen molar-refractivity contribution in [3.63, 3.8) is 0 Å². The van der Waals surface area contributed by atoms with Crippen LogP contribution in [0.2, 0.25) is 0 Å². The lowest BCUT2D eigenvalue weighted by atomic mass is 10.1. The molecule has 2 aromatic heterocycles. The predicted molar refractivity (Wildman–Crippen MR) is 66.1 cm³/mol. The summed E-state index contributed by atoms with van der Waals surface area (Å²) in [5.41, 5.74) is 0.508. The van der Waals surface area contributed by atoms with Crippen LogP contribution in [0.1, 0.15) is 33.6 Å². The van der Waals surface area contributed by atoms with Gasteiger partial charge in [0.05, 0.1) is 5.56 Å². The van der Waals surface area contributed by atoms with E-state index in [1.54, 1.807) is 6.92 Å². The summed E-state index contributed by atoms with van der Waals surface area (Å²) in [6, 6.07) is 1.97. The SMILES string of the molecule is CC(=O)c1c(C)oc(Nc2nnc(C)s2)c1C#N. The summed E-state index contributed by atoms with van der Waals surface area (Å²) < 4.78 is 5.40. The lowest BCUT2D eigenvalue weighted by Gasteiger charge is -1.96. The molecular formula is C11H10N4O2S. The van der Waals surface area contributed by atoms with E-state index in [2.05, 4.69) is 15.5 Å². The average molecular weight is 262 g/mol. The molecule has 0 radical (unpaired) electrons. The minimum absolute atomic E-state index is 0.200. The Kier molecular flexibility index (Phi) is 3.12. The van der Waals surface area contributed by atoms with Crippen LogP contribution in [-0.2, 0) is 0 Å². The molecule has 0 saturated heterocycles. The highest BCUT2D eigenvalue weighted by Crippen LogP contribution is 2.30. The Balaban J connectivity index is 2.43. The van der Waals surface area contributed by atoms with Crippen LogP contribution >= 0.6 is 11.3 Å². The van der Waals surface area contributed by atoms with E-state index in [-0.39, 0.29) is 17.2 Å². The zero-order valence-corrected chi connectivity index (χ0v) is 10.9. The van der Waals surface area contributed by atoms with Crippen molar-refractivity contribution in [3.8, 4) is 6.07 Å². The molecule has 2 heterocycles. The molecule has 0 bridgehead atoms. The molecule has 2 rings (SSSR count). The van der Waals surface area contributed by atoms with E-state index in [0.29, 0.717) is 16.5 Å². The van der Waals surface area contributed by atoms with E-state index in [4.69, 9.17) is 9.68 Å². The van der Waals surface area contributed by atoms with Gasteiger partial charge in [-0.3, -0.25) is 10.1 Å². The third-order valence-corrected chi connectivity index (χ3v) is 3.05. The lowest BCUT2D eigenvalue weighted by Crippen LogP contribution is -1.97. The summed E-state index contributed by atoms with van der Waals surface area (Å²) in [4.78, 5) is 11.5. The molecule has 0 aliphatic carbocycles. The van der Waals surface area contributed by atoms with Crippen molar-refractivity contribution in [2.75, 3.05) is 5.32 Å². The molecule has 0 atom stereocenters. The van der Waals surface area contributed by atoms with Gasteiger partial charge in [-0.2, -0.15) is 5.26 Å². The van der Waals surface area contributed by atoms with Crippen LogP contribution in [0.15, 0.2) is 4.42 Å². The van der Waals surface area contributed by atoms with Crippen LogP contribution in [-0.4, -0.2) is 16.0 Å². The maximum Gasteiger partial charge on any atom is 0.218 e. The Labute approximate surface area is 107 Å². The van der Waals surface area contributed by atoms with E-state index >= 15 is 0 Å². The third kappa shape index (κ3) is 2.10. The number of nitrogens with zero attached hydrogens (tertiary/aromatic N) is 3. The second kappa shape index (κ2) is 4.58. The van der Waals surface area contributed by atoms with Crippen molar-refractivity contribution in [2.24, 2.45) is 0 Å². The number of aryl methyl sites for hydroxylation is 2. The van der Waals surface area contributed by atoms with E-state index in [1.807, 2.05) is 13.0 Å². The summed E-state index contributed by atoms with van der Waals surface area (Å²) in [7, 11) is 0. The summed E-state index contributed by atoms with van der Waals surface area (Å²) in [6.45, 7) is 4.87. The molecule has 2 aromatic rings. The fraction of sp³-hybridized carbons (Fsp3) is 0.273. The van der Waals surface area contributed by atoms with Crippen LogP contribution in [0.3, 0.4) is 0 Å². The lowest BCUT2D eigenvalue weighted by molar-refractivity contribution is 0.101. The minimum atomic E-state index is -0.200. The molecular weight excluding hydrogens is 252 g/mol. The van der Waals surface area contributed by atoms with Gasteiger partial charge in [-0.15, -0.1) is 10.2 Å². The van der Waals surface area contributed by atoms with E-state index in [0.717, 1.165) is 5.01 Å². The molecule has 1 N–H and O–H groups in total. The van der Waals surface area contributed by atoms with Crippen molar-refractivity contribution in [3.05, 3.63) is 21.9 Å². The standard InChI is InChI=1S/C11H10N4O2S/c1-5(16)9-6(2)17-10(8(9)4-12)13-11-15-14-7(3)18-11/h1-3H3,(H,13,15). The quantitative estimate of drug-likeness (QED) is 0.854. The first kappa shape index (κ1) is 12.3. The van der Waals surface area contributed by atoms with Crippen molar-refractivity contribution >= 4 is 28.1 Å². The predicted octanol–water partition coefficient (Wildman–Crippen LogP) is 2.57. The molecule has 0 saturated carbocycles. The monoisotopic (exact) mass is 262 g/mol. The van der Waals surface area contributed by atoms with Crippen LogP contribution in [0.4, 0.5) is 11.0 Å². The summed E-state index contributed by atoms with van der Waals surface area (Å²) in [5.74, 6) is 0.452. The number of aromatic nitrogens is 2. The third-order valence-electron chi connectivity index (χ3n) is 2.29. The molecule has 92 valence electrons. The van der Waals surface area contributed by atoms with E-state index < -0.39 is 0 Å². The number of nitrogens with one attached hydrogen (secondary N) is 1. The normalized spacial score (nSPS) is 10.1.